The van der Waals surface area contributed by atoms with E-state index in [0.717, 1.165) is 23.6 Å². The van der Waals surface area contributed by atoms with Gasteiger partial charge in [-0.1, -0.05) is 6.07 Å². The number of carbonyl (C=O) groups is 1. The molecule has 0 radical (unpaired) electrons. The maximum absolute atomic E-state index is 11.3. The molecule has 4 nitrogen and oxygen atoms in total. The predicted octanol–water partition coefficient (Wildman–Crippen LogP) is 1.64. The lowest BCUT2D eigenvalue weighted by Crippen LogP contribution is -2.32. The first-order valence-electron chi connectivity index (χ1n) is 6.14. The van der Waals surface area contributed by atoms with E-state index in [1.165, 1.54) is 0 Å². The van der Waals surface area contributed by atoms with E-state index in [0.29, 0.717) is 13.0 Å². The Labute approximate surface area is 112 Å². The van der Waals surface area contributed by atoms with Gasteiger partial charge < -0.3 is 10.5 Å². The highest BCUT2D eigenvalue weighted by Gasteiger charge is 2.13. The molecule has 0 saturated heterocycles. The third-order valence-corrected chi connectivity index (χ3v) is 3.41. The molecule has 1 heterocycles. The molecule has 18 heavy (non-hydrogen) atoms. The number of aromatic nitrogens is 1. The van der Waals surface area contributed by atoms with Crippen LogP contribution in [0.1, 0.15) is 19.0 Å². The van der Waals surface area contributed by atoms with Gasteiger partial charge in [-0.15, -0.1) is 0 Å². The Morgan fingerprint density at radius 1 is 1.50 bits per heavy atom. The Hall–Kier alpha value is -1.07. The van der Waals surface area contributed by atoms with Gasteiger partial charge in [-0.2, -0.15) is 11.8 Å². The Kier molecular flexibility index (Phi) is 7.44. The van der Waals surface area contributed by atoms with Crippen LogP contribution in [0.3, 0.4) is 0 Å². The third-order valence-electron chi connectivity index (χ3n) is 2.39. The first kappa shape index (κ1) is 15.0. The second-order valence-corrected chi connectivity index (χ2v) is 5.06. The molecule has 0 fully saturated rings. The minimum atomic E-state index is -0.493. The van der Waals surface area contributed by atoms with Crippen molar-refractivity contribution in [2.24, 2.45) is 5.73 Å². The summed E-state index contributed by atoms with van der Waals surface area (Å²) in [7, 11) is 0. The van der Waals surface area contributed by atoms with Crippen molar-refractivity contribution in [3.8, 4) is 0 Å². The van der Waals surface area contributed by atoms with Gasteiger partial charge >= 0.3 is 5.97 Å². The minimum Gasteiger partial charge on any atom is -0.465 e. The van der Waals surface area contributed by atoms with Gasteiger partial charge in [0.15, 0.2) is 0 Å². The third kappa shape index (κ3) is 6.02. The molecule has 1 aromatic rings. The van der Waals surface area contributed by atoms with Crippen molar-refractivity contribution in [1.82, 2.24) is 4.98 Å². The summed E-state index contributed by atoms with van der Waals surface area (Å²) in [6.45, 7) is 2.17. The first-order chi connectivity index (χ1) is 8.74. The summed E-state index contributed by atoms with van der Waals surface area (Å²) >= 11 is 1.78. The number of pyridine rings is 1. The molecule has 5 heteroatoms. The molecule has 2 N–H and O–H groups in total. The quantitative estimate of drug-likeness (QED) is 0.573. The molecular formula is C13H20N2O2S. The van der Waals surface area contributed by atoms with Crippen molar-refractivity contribution in [2.45, 2.75) is 25.8 Å². The molecule has 1 unspecified atom stereocenters. The van der Waals surface area contributed by atoms with Crippen LogP contribution in [0, 0.1) is 0 Å². The molecule has 0 amide bonds. The number of ether oxygens (including phenoxy) is 1. The highest BCUT2D eigenvalue weighted by Crippen LogP contribution is 2.08. The van der Waals surface area contributed by atoms with Crippen LogP contribution < -0.4 is 5.73 Å². The van der Waals surface area contributed by atoms with Gasteiger partial charge in [-0.05, 0) is 43.4 Å². The summed E-state index contributed by atoms with van der Waals surface area (Å²) in [5, 5.41) is 0. The normalized spacial score (nSPS) is 12.1. The Bertz CT molecular complexity index is 346. The van der Waals surface area contributed by atoms with E-state index in [4.69, 9.17) is 10.5 Å². The number of aryl methyl sites for hydroxylation is 1. The first-order valence-corrected chi connectivity index (χ1v) is 7.29. The molecule has 100 valence electrons. The Morgan fingerprint density at radius 3 is 3.00 bits per heavy atom. The topological polar surface area (TPSA) is 65.2 Å². The smallest absolute Gasteiger partial charge is 0.322 e. The molecule has 1 aromatic heterocycles. The second kappa shape index (κ2) is 8.94. The maximum Gasteiger partial charge on any atom is 0.322 e. The number of esters is 1. The minimum absolute atomic E-state index is 0.303. The second-order valence-electron chi connectivity index (χ2n) is 3.83. The lowest BCUT2D eigenvalue weighted by Gasteiger charge is -2.09. The zero-order chi connectivity index (χ0) is 13.2. The monoisotopic (exact) mass is 268 g/mol. The number of hydrogen-bond donors (Lipinski definition) is 1. The van der Waals surface area contributed by atoms with Crippen LogP contribution in [0.25, 0.3) is 0 Å². The van der Waals surface area contributed by atoms with Gasteiger partial charge in [0.2, 0.25) is 0 Å². The van der Waals surface area contributed by atoms with E-state index in [2.05, 4.69) is 4.98 Å². The number of nitrogens with two attached hydrogens (primary N) is 1. The summed E-state index contributed by atoms with van der Waals surface area (Å²) in [5.74, 6) is 1.56. The summed E-state index contributed by atoms with van der Waals surface area (Å²) in [6.07, 6.45) is 3.41. The molecular weight excluding hydrogens is 248 g/mol. The molecule has 1 atom stereocenters. The van der Waals surface area contributed by atoms with Crippen LogP contribution in [0.2, 0.25) is 0 Å². The van der Waals surface area contributed by atoms with Crippen LogP contribution in [0.4, 0.5) is 0 Å². The zero-order valence-electron chi connectivity index (χ0n) is 10.7. The van der Waals surface area contributed by atoms with E-state index >= 15 is 0 Å². The van der Waals surface area contributed by atoms with E-state index in [-0.39, 0.29) is 5.97 Å². The number of hydrogen-bond acceptors (Lipinski definition) is 5. The van der Waals surface area contributed by atoms with E-state index in [1.807, 2.05) is 18.2 Å². The molecule has 0 bridgehead atoms. The largest absolute Gasteiger partial charge is 0.465 e. The van der Waals surface area contributed by atoms with Crippen molar-refractivity contribution in [3.63, 3.8) is 0 Å². The molecule has 0 spiro atoms. The highest BCUT2D eigenvalue weighted by atomic mass is 32.2. The number of thioether (sulfide) groups is 1. The van der Waals surface area contributed by atoms with Gasteiger partial charge in [0.1, 0.15) is 6.04 Å². The van der Waals surface area contributed by atoms with Gasteiger partial charge in [-0.25, -0.2) is 0 Å². The van der Waals surface area contributed by atoms with Gasteiger partial charge in [-0.3, -0.25) is 9.78 Å². The fourth-order valence-electron chi connectivity index (χ4n) is 1.40. The lowest BCUT2D eigenvalue weighted by molar-refractivity contribution is -0.144. The van der Waals surface area contributed by atoms with Crippen molar-refractivity contribution < 1.29 is 9.53 Å². The van der Waals surface area contributed by atoms with Crippen LogP contribution in [0.15, 0.2) is 24.4 Å². The molecule has 1 rings (SSSR count). The molecule has 0 aromatic carbocycles. The SMILES string of the molecule is CCOC(=O)C(N)CCSCCc1ccccn1. The number of carbonyl (C=O) groups excluding carboxylic acids is 1. The summed E-state index contributed by atoms with van der Waals surface area (Å²) < 4.78 is 4.85. The maximum atomic E-state index is 11.3. The van der Waals surface area contributed by atoms with Gasteiger partial charge in [0.05, 0.1) is 6.61 Å². The van der Waals surface area contributed by atoms with Gasteiger partial charge in [0.25, 0.3) is 0 Å². The Morgan fingerprint density at radius 2 is 2.33 bits per heavy atom. The van der Waals surface area contributed by atoms with Crippen molar-refractivity contribution in [3.05, 3.63) is 30.1 Å². The molecule has 0 saturated carbocycles. The summed E-state index contributed by atoms with van der Waals surface area (Å²) in [6, 6.07) is 5.43. The molecule has 0 aliphatic carbocycles. The standard InChI is InChI=1S/C13H20N2O2S/c1-2-17-13(16)12(14)7-10-18-9-6-11-5-3-4-8-15-11/h3-5,8,12H,2,6-7,9-10,14H2,1H3. The van der Waals surface area contributed by atoms with Crippen LogP contribution in [-0.4, -0.2) is 35.1 Å². The van der Waals surface area contributed by atoms with Crippen molar-refractivity contribution in [1.29, 1.82) is 0 Å². The van der Waals surface area contributed by atoms with Crippen LogP contribution in [-0.2, 0) is 16.0 Å². The van der Waals surface area contributed by atoms with Crippen LogP contribution >= 0.6 is 11.8 Å². The van der Waals surface area contributed by atoms with E-state index < -0.39 is 6.04 Å². The lowest BCUT2D eigenvalue weighted by atomic mass is 10.2. The van der Waals surface area contributed by atoms with Crippen LogP contribution in [0.5, 0.6) is 0 Å². The Balaban J connectivity index is 2.07. The fraction of sp³-hybridized carbons (Fsp3) is 0.538. The van der Waals surface area contributed by atoms with E-state index in [1.54, 1.807) is 24.9 Å². The van der Waals surface area contributed by atoms with Crippen molar-refractivity contribution in [2.75, 3.05) is 18.1 Å². The fourth-order valence-corrected chi connectivity index (χ4v) is 2.38. The zero-order valence-corrected chi connectivity index (χ0v) is 11.5. The average molecular weight is 268 g/mol. The number of nitrogens with zero attached hydrogens (tertiary/aromatic N) is 1. The van der Waals surface area contributed by atoms with Gasteiger partial charge in [0, 0.05) is 11.9 Å². The van der Waals surface area contributed by atoms with Crippen molar-refractivity contribution >= 4 is 17.7 Å². The summed E-state index contributed by atoms with van der Waals surface area (Å²) in [5.41, 5.74) is 6.79. The molecule has 0 aliphatic heterocycles. The predicted molar refractivity (Wildman–Crippen MR) is 74.5 cm³/mol. The average Bonchev–Trinajstić information content (AvgIpc) is 2.39. The highest BCUT2D eigenvalue weighted by molar-refractivity contribution is 7.99. The molecule has 0 aliphatic rings. The summed E-state index contributed by atoms with van der Waals surface area (Å²) in [4.78, 5) is 15.5. The number of rotatable bonds is 8. The van der Waals surface area contributed by atoms with E-state index in [9.17, 15) is 4.79 Å².